The molecule has 0 radical (unpaired) electrons. The summed E-state index contributed by atoms with van der Waals surface area (Å²) >= 11 is 0. The number of pyridine rings is 1. The van der Waals surface area contributed by atoms with Gasteiger partial charge >= 0.3 is 0 Å². The van der Waals surface area contributed by atoms with Crippen LogP contribution in [0.15, 0.2) is 55.1 Å². The highest BCUT2D eigenvalue weighted by Crippen LogP contribution is 2.31. The monoisotopic (exact) mass is 426 g/mol. The van der Waals surface area contributed by atoms with Crippen molar-refractivity contribution in [3.63, 3.8) is 0 Å². The fraction of sp³-hybridized carbons (Fsp3) is 0.400. The van der Waals surface area contributed by atoms with Crippen LogP contribution in [0.3, 0.4) is 0 Å². The Morgan fingerprint density at radius 2 is 1.65 bits per heavy atom. The quantitative estimate of drug-likeness (QED) is 0.455. The van der Waals surface area contributed by atoms with Crippen LogP contribution in [0.25, 0.3) is 11.3 Å². The van der Waals surface area contributed by atoms with Crippen molar-refractivity contribution in [1.82, 2.24) is 15.0 Å². The van der Waals surface area contributed by atoms with Crippen LogP contribution in [0.4, 0.5) is 5.82 Å². The Morgan fingerprint density at radius 1 is 0.935 bits per heavy atom. The number of rotatable bonds is 6. The number of anilines is 1. The number of aromatic nitrogens is 3. The van der Waals surface area contributed by atoms with Crippen molar-refractivity contribution >= 4 is 5.82 Å². The van der Waals surface area contributed by atoms with E-state index in [4.69, 9.17) is 4.74 Å². The number of hydrogen-bond acceptors (Lipinski definition) is 6. The first-order valence-electron chi connectivity index (χ1n) is 11.1. The van der Waals surface area contributed by atoms with Gasteiger partial charge in [-0.2, -0.15) is 0 Å². The lowest BCUT2D eigenvalue weighted by Crippen LogP contribution is -2.02. The maximum absolute atomic E-state index is 9.80. The molecular weight excluding hydrogens is 388 g/mol. The Balaban J connectivity index is 0.00000116. The van der Waals surface area contributed by atoms with Gasteiger partial charge < -0.3 is 15.2 Å². The van der Waals surface area contributed by atoms with E-state index in [1.807, 2.05) is 46.8 Å². The minimum atomic E-state index is 0.111. The number of nitrogens with zero attached hydrogens (tertiary/aromatic N) is 3. The Labute approximate surface area is 187 Å². The molecule has 1 aromatic carbocycles. The topological polar surface area (TPSA) is 80.2 Å². The molecule has 3 rings (SSSR count). The minimum absolute atomic E-state index is 0.111. The summed E-state index contributed by atoms with van der Waals surface area (Å²) < 4.78 is 5.41. The first kappa shape index (κ1) is 27.8. The SMILES string of the molecule is CC.CC.CCC.CCOc1cc(-c2cncc(NCc3cccnc3)n2)ccc1O. The summed E-state index contributed by atoms with van der Waals surface area (Å²) in [5.41, 5.74) is 2.59. The lowest BCUT2D eigenvalue weighted by molar-refractivity contribution is 0.318. The molecule has 6 heteroatoms. The average Bonchev–Trinajstić information content (AvgIpc) is 2.83. The van der Waals surface area contributed by atoms with E-state index in [1.165, 1.54) is 6.42 Å². The second-order valence-corrected chi connectivity index (χ2v) is 5.83. The van der Waals surface area contributed by atoms with E-state index in [0.29, 0.717) is 30.4 Å². The van der Waals surface area contributed by atoms with Crippen molar-refractivity contribution in [2.24, 2.45) is 0 Å². The van der Waals surface area contributed by atoms with Crippen LogP contribution >= 0.6 is 0 Å². The van der Waals surface area contributed by atoms with Crippen LogP contribution in [0.2, 0.25) is 0 Å². The van der Waals surface area contributed by atoms with Crippen molar-refractivity contribution in [3.05, 3.63) is 60.7 Å². The standard InChI is InChI=1S/C18H18N4O2.C3H8.2C2H6/c1-2-24-17-8-14(5-6-16(17)23)15-11-20-12-18(22-15)21-10-13-4-3-7-19-9-13;1-3-2;2*1-2/h3-9,11-12,23H,2,10H2,1H3,(H,21,22);3H2,1-2H3;2*1-2H3. The molecule has 0 spiro atoms. The molecule has 2 heterocycles. The molecule has 0 aliphatic rings. The van der Waals surface area contributed by atoms with Gasteiger partial charge in [0, 0.05) is 24.5 Å². The highest BCUT2D eigenvalue weighted by molar-refractivity contribution is 5.64. The minimum Gasteiger partial charge on any atom is -0.504 e. The van der Waals surface area contributed by atoms with Crippen LogP contribution in [0.1, 0.15) is 60.5 Å². The van der Waals surface area contributed by atoms with Crippen LogP contribution in [-0.4, -0.2) is 26.7 Å². The fourth-order valence-electron chi connectivity index (χ4n) is 2.23. The van der Waals surface area contributed by atoms with Crippen LogP contribution < -0.4 is 10.1 Å². The zero-order valence-electron chi connectivity index (χ0n) is 20.0. The molecule has 0 fully saturated rings. The lowest BCUT2D eigenvalue weighted by atomic mass is 10.1. The Kier molecular flexibility index (Phi) is 15.9. The molecule has 0 saturated heterocycles. The predicted octanol–water partition coefficient (Wildman–Crippen LogP) is 6.72. The van der Waals surface area contributed by atoms with Crippen LogP contribution in [0.5, 0.6) is 11.5 Å². The van der Waals surface area contributed by atoms with Gasteiger partial charge in [0.15, 0.2) is 11.5 Å². The van der Waals surface area contributed by atoms with Gasteiger partial charge in [0.1, 0.15) is 5.82 Å². The van der Waals surface area contributed by atoms with E-state index in [-0.39, 0.29) is 5.75 Å². The molecule has 0 bridgehead atoms. The Morgan fingerprint density at radius 3 is 2.26 bits per heavy atom. The number of nitrogens with one attached hydrogen (secondary N) is 1. The normalized spacial score (nSPS) is 9.00. The summed E-state index contributed by atoms with van der Waals surface area (Å²) in [6.45, 7) is 15.2. The van der Waals surface area contributed by atoms with Crippen molar-refractivity contribution in [1.29, 1.82) is 0 Å². The van der Waals surface area contributed by atoms with E-state index >= 15 is 0 Å². The maximum Gasteiger partial charge on any atom is 0.161 e. The molecular formula is C25H38N4O2. The molecule has 31 heavy (non-hydrogen) atoms. The van der Waals surface area contributed by atoms with Crippen molar-refractivity contribution in [3.8, 4) is 22.8 Å². The van der Waals surface area contributed by atoms with Gasteiger partial charge in [0.05, 0.1) is 24.7 Å². The van der Waals surface area contributed by atoms with Gasteiger partial charge in [0.2, 0.25) is 0 Å². The maximum atomic E-state index is 9.80. The van der Waals surface area contributed by atoms with Gasteiger partial charge in [-0.3, -0.25) is 9.97 Å². The second-order valence-electron chi connectivity index (χ2n) is 5.83. The van der Waals surface area contributed by atoms with Gasteiger partial charge in [0.25, 0.3) is 0 Å². The fourth-order valence-corrected chi connectivity index (χ4v) is 2.23. The van der Waals surface area contributed by atoms with E-state index in [2.05, 4.69) is 34.1 Å². The number of hydrogen-bond donors (Lipinski definition) is 2. The first-order chi connectivity index (χ1) is 15.2. The van der Waals surface area contributed by atoms with Crippen molar-refractivity contribution in [2.45, 2.75) is 61.4 Å². The van der Waals surface area contributed by atoms with E-state index < -0.39 is 0 Å². The molecule has 2 N–H and O–H groups in total. The van der Waals surface area contributed by atoms with Crippen LogP contribution in [-0.2, 0) is 6.54 Å². The molecule has 0 atom stereocenters. The van der Waals surface area contributed by atoms with E-state index in [9.17, 15) is 5.11 Å². The average molecular weight is 427 g/mol. The summed E-state index contributed by atoms with van der Waals surface area (Å²) in [5.74, 6) is 1.22. The summed E-state index contributed by atoms with van der Waals surface area (Å²) in [6, 6.07) is 9.02. The second kappa shape index (κ2) is 17.7. The van der Waals surface area contributed by atoms with Crippen molar-refractivity contribution in [2.75, 3.05) is 11.9 Å². The van der Waals surface area contributed by atoms with Crippen LogP contribution in [0, 0.1) is 0 Å². The summed E-state index contributed by atoms with van der Waals surface area (Å²) in [7, 11) is 0. The van der Waals surface area contributed by atoms with Crippen molar-refractivity contribution < 1.29 is 9.84 Å². The Hall–Kier alpha value is -3.15. The molecule has 3 aromatic rings. The molecule has 0 unspecified atom stereocenters. The Bertz CT molecular complexity index is 827. The zero-order valence-corrected chi connectivity index (χ0v) is 20.0. The third-order valence-electron chi connectivity index (χ3n) is 3.39. The van der Waals surface area contributed by atoms with E-state index in [0.717, 1.165) is 11.1 Å². The highest BCUT2D eigenvalue weighted by Gasteiger charge is 2.07. The smallest absolute Gasteiger partial charge is 0.161 e. The summed E-state index contributed by atoms with van der Waals surface area (Å²) in [6.07, 6.45) is 8.14. The molecule has 0 aliphatic heterocycles. The number of ether oxygens (including phenoxy) is 1. The molecule has 6 nitrogen and oxygen atoms in total. The molecule has 0 saturated carbocycles. The molecule has 0 amide bonds. The third-order valence-corrected chi connectivity index (χ3v) is 3.39. The van der Waals surface area contributed by atoms with Gasteiger partial charge in [-0.25, -0.2) is 4.98 Å². The van der Waals surface area contributed by atoms with Gasteiger partial charge in [-0.15, -0.1) is 0 Å². The van der Waals surface area contributed by atoms with Gasteiger partial charge in [-0.1, -0.05) is 54.0 Å². The zero-order chi connectivity index (χ0) is 23.5. The van der Waals surface area contributed by atoms with E-state index in [1.54, 1.807) is 43.0 Å². The number of phenols is 1. The highest BCUT2D eigenvalue weighted by atomic mass is 16.5. The number of aromatic hydroxyl groups is 1. The summed E-state index contributed by atoms with van der Waals surface area (Å²) in [4.78, 5) is 12.9. The first-order valence-corrected chi connectivity index (χ1v) is 11.1. The molecule has 2 aromatic heterocycles. The van der Waals surface area contributed by atoms with Gasteiger partial charge in [-0.05, 0) is 36.8 Å². The molecule has 170 valence electrons. The third kappa shape index (κ3) is 10.4. The number of phenolic OH excluding ortho intramolecular Hbond substituents is 1. The predicted molar refractivity (Wildman–Crippen MR) is 131 cm³/mol. The summed E-state index contributed by atoms with van der Waals surface area (Å²) in [5, 5.41) is 13.0. The largest absolute Gasteiger partial charge is 0.504 e. The molecule has 0 aliphatic carbocycles. The lowest BCUT2D eigenvalue weighted by Gasteiger charge is -2.09. The number of benzene rings is 1.